The van der Waals surface area contributed by atoms with Crippen LogP contribution in [0, 0.1) is 0 Å². The first-order chi connectivity index (χ1) is 11.4. The maximum atomic E-state index is 12.5. The van der Waals surface area contributed by atoms with Crippen molar-refractivity contribution in [2.75, 3.05) is 5.32 Å². The molecule has 2 rings (SSSR count). The predicted molar refractivity (Wildman–Crippen MR) is 101 cm³/mol. The van der Waals surface area contributed by atoms with Crippen molar-refractivity contribution >= 4 is 45.0 Å². The number of anilines is 1. The molecule has 0 saturated heterocycles. The Bertz CT molecular complexity index is 764. The molecule has 0 spiro atoms. The molecule has 0 radical (unpaired) electrons. The molecule has 0 saturated carbocycles. The Kier molecular flexibility index (Phi) is 6.40. The highest BCUT2D eigenvalue weighted by atomic mass is 79.9. The van der Waals surface area contributed by atoms with Crippen molar-refractivity contribution in [2.45, 2.75) is 26.3 Å². The monoisotopic (exact) mass is 408 g/mol. The summed E-state index contributed by atoms with van der Waals surface area (Å²) < 4.78 is 0.750. The normalized spacial score (nSPS) is 11.7. The van der Waals surface area contributed by atoms with Crippen LogP contribution in [-0.2, 0) is 0 Å². The number of carbonyl (C=O) groups is 2. The average molecular weight is 410 g/mol. The summed E-state index contributed by atoms with van der Waals surface area (Å²) in [4.78, 5) is 24.9. The zero-order valence-electron chi connectivity index (χ0n) is 13.4. The van der Waals surface area contributed by atoms with Crippen molar-refractivity contribution < 1.29 is 9.59 Å². The zero-order valence-corrected chi connectivity index (χ0v) is 15.7. The summed E-state index contributed by atoms with van der Waals surface area (Å²) >= 11 is 9.41. The number of para-hydroxylation sites is 1. The van der Waals surface area contributed by atoms with Crippen LogP contribution >= 0.6 is 27.5 Å². The highest BCUT2D eigenvalue weighted by molar-refractivity contribution is 9.10. The van der Waals surface area contributed by atoms with Gasteiger partial charge in [0.05, 0.1) is 21.8 Å². The van der Waals surface area contributed by atoms with E-state index in [1.54, 1.807) is 42.5 Å². The highest BCUT2D eigenvalue weighted by Gasteiger charge is 2.17. The predicted octanol–water partition coefficient (Wildman–Crippen LogP) is 4.88. The van der Waals surface area contributed by atoms with Crippen LogP contribution < -0.4 is 10.6 Å². The Morgan fingerprint density at radius 2 is 1.83 bits per heavy atom. The largest absolute Gasteiger partial charge is 0.350 e. The lowest BCUT2D eigenvalue weighted by Gasteiger charge is -2.15. The molecule has 2 N–H and O–H groups in total. The lowest BCUT2D eigenvalue weighted by atomic mass is 10.1. The number of halogens is 2. The number of rotatable bonds is 5. The fourth-order valence-electron chi connectivity index (χ4n) is 2.05. The number of amides is 2. The van der Waals surface area contributed by atoms with Crippen LogP contribution in [0.5, 0.6) is 0 Å². The van der Waals surface area contributed by atoms with Gasteiger partial charge in [-0.2, -0.15) is 0 Å². The van der Waals surface area contributed by atoms with Crippen LogP contribution in [0.2, 0.25) is 5.02 Å². The van der Waals surface area contributed by atoms with Gasteiger partial charge in [0.2, 0.25) is 0 Å². The first-order valence-corrected chi connectivity index (χ1v) is 8.75. The quantitative estimate of drug-likeness (QED) is 0.739. The summed E-state index contributed by atoms with van der Waals surface area (Å²) in [6.45, 7) is 3.92. The van der Waals surface area contributed by atoms with Gasteiger partial charge in [0.1, 0.15) is 0 Å². The van der Waals surface area contributed by atoms with Crippen molar-refractivity contribution in [2.24, 2.45) is 0 Å². The molecule has 1 atom stereocenters. The smallest absolute Gasteiger partial charge is 0.257 e. The summed E-state index contributed by atoms with van der Waals surface area (Å²) in [6, 6.07) is 12.0. The molecule has 126 valence electrons. The van der Waals surface area contributed by atoms with Crippen LogP contribution in [0.4, 0.5) is 5.69 Å². The fourth-order valence-corrected chi connectivity index (χ4v) is 2.62. The molecule has 0 fully saturated rings. The first kappa shape index (κ1) is 18.5. The molecule has 0 aliphatic rings. The van der Waals surface area contributed by atoms with E-state index >= 15 is 0 Å². The molecule has 2 aromatic rings. The molecule has 0 aromatic heterocycles. The highest BCUT2D eigenvalue weighted by Crippen LogP contribution is 2.23. The lowest BCUT2D eigenvalue weighted by Crippen LogP contribution is -2.32. The molecule has 0 aliphatic heterocycles. The third kappa shape index (κ3) is 4.58. The lowest BCUT2D eigenvalue weighted by molar-refractivity contribution is 0.0940. The van der Waals surface area contributed by atoms with Crippen molar-refractivity contribution in [3.05, 3.63) is 63.1 Å². The fraction of sp³-hybridized carbons (Fsp3) is 0.222. The van der Waals surface area contributed by atoms with E-state index in [0.29, 0.717) is 21.8 Å². The molecule has 2 aromatic carbocycles. The summed E-state index contributed by atoms with van der Waals surface area (Å²) in [7, 11) is 0. The molecule has 0 heterocycles. The van der Waals surface area contributed by atoms with E-state index in [1.807, 2.05) is 13.8 Å². The topological polar surface area (TPSA) is 58.2 Å². The summed E-state index contributed by atoms with van der Waals surface area (Å²) in [6.07, 6.45) is 0.827. The van der Waals surface area contributed by atoms with Gasteiger partial charge in [0.15, 0.2) is 0 Å². The number of nitrogens with one attached hydrogen (secondary N) is 2. The van der Waals surface area contributed by atoms with E-state index in [9.17, 15) is 9.59 Å². The molecule has 0 aliphatic carbocycles. The Morgan fingerprint density at radius 3 is 2.54 bits per heavy atom. The number of hydrogen-bond donors (Lipinski definition) is 2. The van der Waals surface area contributed by atoms with Gasteiger partial charge in [-0.25, -0.2) is 0 Å². The summed E-state index contributed by atoms with van der Waals surface area (Å²) in [5.41, 5.74) is 1.19. The minimum absolute atomic E-state index is 0.0563. The van der Waals surface area contributed by atoms with Crippen LogP contribution in [0.15, 0.2) is 46.9 Å². The Labute approximate surface area is 154 Å². The second-order valence-corrected chi connectivity index (χ2v) is 6.73. The van der Waals surface area contributed by atoms with Crippen molar-refractivity contribution in [3.63, 3.8) is 0 Å². The van der Waals surface area contributed by atoms with E-state index in [1.165, 1.54) is 0 Å². The van der Waals surface area contributed by atoms with E-state index in [-0.39, 0.29) is 17.9 Å². The van der Waals surface area contributed by atoms with Gasteiger partial charge in [-0.15, -0.1) is 0 Å². The Balaban J connectivity index is 2.25. The van der Waals surface area contributed by atoms with E-state index in [2.05, 4.69) is 26.6 Å². The van der Waals surface area contributed by atoms with Crippen LogP contribution in [0.3, 0.4) is 0 Å². The summed E-state index contributed by atoms with van der Waals surface area (Å²) in [5, 5.41) is 6.00. The van der Waals surface area contributed by atoms with Gasteiger partial charge in [0.25, 0.3) is 11.8 Å². The zero-order chi connectivity index (χ0) is 17.7. The Hall–Kier alpha value is -1.85. The van der Waals surface area contributed by atoms with E-state index < -0.39 is 0 Å². The molecule has 2 amide bonds. The second-order valence-electron chi connectivity index (χ2n) is 5.41. The van der Waals surface area contributed by atoms with Gasteiger partial charge in [-0.05, 0) is 43.7 Å². The molecule has 4 nitrogen and oxygen atoms in total. The Morgan fingerprint density at radius 1 is 1.12 bits per heavy atom. The van der Waals surface area contributed by atoms with Gasteiger partial charge in [-0.1, -0.05) is 46.6 Å². The second kappa shape index (κ2) is 8.31. The third-order valence-corrected chi connectivity index (χ3v) is 4.41. The van der Waals surface area contributed by atoms with E-state index in [0.717, 1.165) is 10.9 Å². The summed E-state index contributed by atoms with van der Waals surface area (Å²) in [5.74, 6) is -0.592. The number of carbonyl (C=O) groups excluding carboxylic acids is 2. The van der Waals surface area contributed by atoms with Gasteiger partial charge in [-0.3, -0.25) is 9.59 Å². The van der Waals surface area contributed by atoms with Crippen LogP contribution in [0.1, 0.15) is 41.0 Å². The maximum absolute atomic E-state index is 12.5. The van der Waals surface area contributed by atoms with E-state index in [4.69, 9.17) is 11.6 Å². The van der Waals surface area contributed by atoms with Gasteiger partial charge < -0.3 is 10.6 Å². The van der Waals surface area contributed by atoms with Crippen molar-refractivity contribution in [1.29, 1.82) is 0 Å². The molecule has 6 heteroatoms. The molecule has 24 heavy (non-hydrogen) atoms. The van der Waals surface area contributed by atoms with Crippen LogP contribution in [0.25, 0.3) is 0 Å². The third-order valence-electron chi connectivity index (χ3n) is 3.58. The number of hydrogen-bond acceptors (Lipinski definition) is 2. The molecule has 0 bridgehead atoms. The van der Waals surface area contributed by atoms with Crippen molar-refractivity contribution in [1.82, 2.24) is 5.32 Å². The van der Waals surface area contributed by atoms with Crippen LogP contribution in [-0.4, -0.2) is 17.9 Å². The van der Waals surface area contributed by atoms with Crippen molar-refractivity contribution in [3.8, 4) is 0 Å². The number of benzene rings is 2. The van der Waals surface area contributed by atoms with Gasteiger partial charge >= 0.3 is 0 Å². The van der Waals surface area contributed by atoms with Gasteiger partial charge in [0, 0.05) is 10.5 Å². The molecular weight excluding hydrogens is 392 g/mol. The minimum atomic E-state index is -0.370. The maximum Gasteiger partial charge on any atom is 0.257 e. The first-order valence-electron chi connectivity index (χ1n) is 7.58. The molecular formula is C18H18BrClN2O2. The average Bonchev–Trinajstić information content (AvgIpc) is 2.57. The SMILES string of the molecule is CCC(C)NC(=O)c1ccccc1NC(=O)c1cc(Br)ccc1Cl. The standard InChI is InChI=1S/C18H18BrClN2O2/c1-3-11(2)21-17(23)13-6-4-5-7-16(13)22-18(24)14-10-12(19)8-9-15(14)20/h4-11H,3H2,1-2H3,(H,21,23)(H,22,24). The molecule has 1 unspecified atom stereocenters. The minimum Gasteiger partial charge on any atom is -0.350 e.